The largest absolute Gasteiger partial charge is 0.490 e. The average molecular weight is 615 g/mol. The number of piperidine rings is 1. The molecule has 0 spiro atoms. The minimum atomic E-state index is -0.437. The fourth-order valence-corrected chi connectivity index (χ4v) is 5.87. The first-order valence-corrected chi connectivity index (χ1v) is 14.9. The van der Waals surface area contributed by atoms with E-state index in [-0.39, 0.29) is 49.5 Å². The smallest absolute Gasteiger partial charge is 0.251 e. The lowest BCUT2D eigenvalue weighted by Gasteiger charge is -2.36. The van der Waals surface area contributed by atoms with Crippen LogP contribution in [0.5, 0.6) is 11.5 Å². The normalized spacial score (nSPS) is 18.3. The van der Waals surface area contributed by atoms with E-state index in [0.29, 0.717) is 52.2 Å². The zero-order valence-electron chi connectivity index (χ0n) is 23.4. The van der Waals surface area contributed by atoms with Gasteiger partial charge in [-0.2, -0.15) is 0 Å². The molecule has 3 aromatic carbocycles. The third-order valence-electron chi connectivity index (χ3n) is 7.54. The lowest BCUT2D eigenvalue weighted by atomic mass is 9.91. The molecule has 1 unspecified atom stereocenters. The van der Waals surface area contributed by atoms with Crippen LogP contribution in [0.1, 0.15) is 40.7 Å². The van der Waals surface area contributed by atoms with Gasteiger partial charge in [-0.1, -0.05) is 41.4 Å². The topological polar surface area (TPSA) is 79.9 Å². The zero-order chi connectivity index (χ0) is 29.6. The first-order chi connectivity index (χ1) is 20.3. The van der Waals surface area contributed by atoms with Gasteiger partial charge in [-0.3, -0.25) is 9.59 Å². The summed E-state index contributed by atoms with van der Waals surface area (Å²) in [6.07, 6.45) is 2.44. The molecule has 2 amide bonds. The van der Waals surface area contributed by atoms with Crippen molar-refractivity contribution in [1.82, 2.24) is 15.5 Å². The van der Waals surface area contributed by atoms with Crippen LogP contribution in [-0.4, -0.2) is 55.1 Å². The number of carbonyl (C=O) groups excluding carboxylic acids is 2. The van der Waals surface area contributed by atoms with Gasteiger partial charge >= 0.3 is 0 Å². The number of hydrogen-bond acceptors (Lipinski definition) is 5. The van der Waals surface area contributed by atoms with E-state index in [1.807, 2.05) is 6.92 Å². The third kappa shape index (κ3) is 7.54. The van der Waals surface area contributed by atoms with Crippen LogP contribution in [0.3, 0.4) is 0 Å². The number of rotatable bonds is 11. The Bertz CT molecular complexity index is 1390. The fourth-order valence-electron chi connectivity index (χ4n) is 5.17. The molecule has 1 saturated heterocycles. The molecule has 1 aliphatic carbocycles. The number of hydrogen-bond donors (Lipinski definition) is 2. The molecule has 5 rings (SSSR count). The molecule has 3 aromatic rings. The Morgan fingerprint density at radius 1 is 1.00 bits per heavy atom. The predicted octanol–water partition coefficient (Wildman–Crippen LogP) is 5.80. The summed E-state index contributed by atoms with van der Waals surface area (Å²) in [4.78, 5) is 28.6. The standard InChI is InChI=1S/C32H34Cl2FN3O4/c1-20-16-26(33)30(27(34)17-20)42-15-14-41-24-10-6-21(7-11-24)31(39)37-29-12-13-36-18-25(29)32(40)38(23-8-9-23)19-22-4-2-3-5-28(22)35/h2-7,10-11,16-17,23,25,29,36H,8-9,12-15,18-19H2,1H3,(H,37,39)/t25?,29-/m0/s1. The number of amides is 2. The van der Waals surface area contributed by atoms with Gasteiger partial charge in [0.05, 0.1) is 16.0 Å². The van der Waals surface area contributed by atoms with Crippen LogP contribution in [-0.2, 0) is 11.3 Å². The summed E-state index contributed by atoms with van der Waals surface area (Å²) in [6, 6.07) is 16.7. The van der Waals surface area contributed by atoms with Crippen LogP contribution < -0.4 is 20.1 Å². The summed E-state index contributed by atoms with van der Waals surface area (Å²) in [6.45, 7) is 3.78. The third-order valence-corrected chi connectivity index (χ3v) is 8.10. The van der Waals surface area contributed by atoms with Crippen LogP contribution in [0, 0.1) is 18.7 Å². The van der Waals surface area contributed by atoms with Crippen molar-refractivity contribution >= 4 is 35.0 Å². The Morgan fingerprint density at radius 3 is 2.38 bits per heavy atom. The predicted molar refractivity (Wildman–Crippen MR) is 161 cm³/mol. The van der Waals surface area contributed by atoms with Crippen molar-refractivity contribution in [2.45, 2.75) is 44.8 Å². The van der Waals surface area contributed by atoms with E-state index in [1.54, 1.807) is 59.5 Å². The summed E-state index contributed by atoms with van der Waals surface area (Å²) in [5, 5.41) is 7.24. The van der Waals surface area contributed by atoms with Gasteiger partial charge in [-0.05, 0) is 80.8 Å². The second kappa shape index (κ2) is 13.8. The highest BCUT2D eigenvalue weighted by Gasteiger charge is 2.40. The Morgan fingerprint density at radius 2 is 1.69 bits per heavy atom. The van der Waals surface area contributed by atoms with Crippen molar-refractivity contribution in [2.75, 3.05) is 26.3 Å². The molecule has 42 heavy (non-hydrogen) atoms. The number of nitrogens with one attached hydrogen (secondary N) is 2. The maximum atomic E-state index is 14.4. The molecule has 1 aliphatic heterocycles. The molecule has 222 valence electrons. The highest BCUT2D eigenvalue weighted by atomic mass is 35.5. The number of benzene rings is 3. The molecule has 0 radical (unpaired) electrons. The molecular weight excluding hydrogens is 580 g/mol. The van der Waals surface area contributed by atoms with E-state index < -0.39 is 5.92 Å². The minimum absolute atomic E-state index is 0.0579. The van der Waals surface area contributed by atoms with Crippen LogP contribution >= 0.6 is 23.2 Å². The molecule has 1 heterocycles. The van der Waals surface area contributed by atoms with E-state index in [1.165, 1.54) is 6.07 Å². The Balaban J connectivity index is 1.15. The van der Waals surface area contributed by atoms with E-state index in [4.69, 9.17) is 32.7 Å². The zero-order valence-corrected chi connectivity index (χ0v) is 24.9. The van der Waals surface area contributed by atoms with Gasteiger partial charge in [0.25, 0.3) is 5.91 Å². The summed E-state index contributed by atoms with van der Waals surface area (Å²) in [5.41, 5.74) is 1.91. The lowest BCUT2D eigenvalue weighted by molar-refractivity contribution is -0.138. The molecule has 7 nitrogen and oxygen atoms in total. The van der Waals surface area contributed by atoms with E-state index >= 15 is 0 Å². The number of nitrogens with zero attached hydrogens (tertiary/aromatic N) is 1. The molecule has 2 N–H and O–H groups in total. The van der Waals surface area contributed by atoms with Crippen molar-refractivity contribution < 1.29 is 23.5 Å². The van der Waals surface area contributed by atoms with Gasteiger partial charge in [0.15, 0.2) is 5.75 Å². The molecule has 2 aliphatic rings. The minimum Gasteiger partial charge on any atom is -0.490 e. The van der Waals surface area contributed by atoms with Gasteiger partial charge in [0, 0.05) is 36.3 Å². The summed E-state index contributed by atoms with van der Waals surface area (Å²) in [5.74, 6) is -0.0697. The SMILES string of the molecule is Cc1cc(Cl)c(OCCOc2ccc(C(=O)N[C@H]3CCNCC3C(=O)N(Cc3ccccc3F)C3CC3)cc2)c(Cl)c1. The monoisotopic (exact) mass is 613 g/mol. The quantitative estimate of drug-likeness (QED) is 0.267. The maximum absolute atomic E-state index is 14.4. The highest BCUT2D eigenvalue weighted by Crippen LogP contribution is 2.34. The number of aryl methyl sites for hydroxylation is 1. The Labute approximate surface area is 255 Å². The van der Waals surface area contributed by atoms with E-state index in [2.05, 4.69) is 10.6 Å². The van der Waals surface area contributed by atoms with Crippen molar-refractivity contribution in [3.8, 4) is 11.5 Å². The number of carbonyl (C=O) groups is 2. The van der Waals surface area contributed by atoms with Gasteiger partial charge in [-0.25, -0.2) is 4.39 Å². The van der Waals surface area contributed by atoms with Gasteiger partial charge in [0.2, 0.25) is 5.91 Å². The van der Waals surface area contributed by atoms with E-state index in [9.17, 15) is 14.0 Å². The van der Waals surface area contributed by atoms with Gasteiger partial charge in [0.1, 0.15) is 24.8 Å². The fraction of sp³-hybridized carbons (Fsp3) is 0.375. The average Bonchev–Trinajstić information content (AvgIpc) is 3.81. The molecular formula is C32H34Cl2FN3O4. The van der Waals surface area contributed by atoms with E-state index in [0.717, 1.165) is 18.4 Å². The van der Waals surface area contributed by atoms with Gasteiger partial charge in [-0.15, -0.1) is 0 Å². The van der Waals surface area contributed by atoms with Crippen LogP contribution in [0.25, 0.3) is 0 Å². The Hall–Kier alpha value is -3.33. The van der Waals surface area contributed by atoms with Crippen molar-refractivity contribution in [3.05, 3.63) is 93.2 Å². The number of ether oxygens (including phenoxy) is 2. The highest BCUT2D eigenvalue weighted by molar-refractivity contribution is 6.37. The molecule has 2 atom stereocenters. The molecule has 2 fully saturated rings. The van der Waals surface area contributed by atoms with Crippen molar-refractivity contribution in [3.63, 3.8) is 0 Å². The molecule has 0 aromatic heterocycles. The first-order valence-electron chi connectivity index (χ1n) is 14.2. The first kappa shape index (κ1) is 30.1. The lowest BCUT2D eigenvalue weighted by Crippen LogP contribution is -2.55. The van der Waals surface area contributed by atoms with Crippen molar-refractivity contribution in [2.24, 2.45) is 5.92 Å². The second-order valence-corrected chi connectivity index (χ2v) is 11.6. The second-order valence-electron chi connectivity index (χ2n) is 10.7. The van der Waals surface area contributed by atoms with Crippen LogP contribution in [0.4, 0.5) is 4.39 Å². The maximum Gasteiger partial charge on any atom is 0.251 e. The van der Waals surface area contributed by atoms with Crippen LogP contribution in [0.2, 0.25) is 10.0 Å². The molecule has 10 heteroatoms. The summed E-state index contributed by atoms with van der Waals surface area (Å²) < 4.78 is 25.8. The van der Waals surface area contributed by atoms with Gasteiger partial charge < -0.3 is 25.0 Å². The Kier molecular flexibility index (Phi) is 9.88. The summed E-state index contributed by atoms with van der Waals surface area (Å²) >= 11 is 12.4. The number of halogens is 3. The van der Waals surface area contributed by atoms with Crippen molar-refractivity contribution in [1.29, 1.82) is 0 Å². The molecule has 1 saturated carbocycles. The summed E-state index contributed by atoms with van der Waals surface area (Å²) in [7, 11) is 0. The molecule has 0 bridgehead atoms. The van der Waals surface area contributed by atoms with Crippen LogP contribution in [0.15, 0.2) is 60.7 Å².